The van der Waals surface area contributed by atoms with E-state index in [-0.39, 0.29) is 5.82 Å². The Morgan fingerprint density at radius 3 is 2.46 bits per heavy atom. The molecule has 5 rings (SSSR count). The highest BCUT2D eigenvalue weighted by atomic mass is 31.2. The van der Waals surface area contributed by atoms with Crippen molar-refractivity contribution in [2.75, 3.05) is 33.2 Å². The molecule has 2 saturated heterocycles. The fraction of sp³-hybridized carbons (Fsp3) is 0.571. The van der Waals surface area contributed by atoms with Crippen molar-refractivity contribution < 1.29 is 47.7 Å². The van der Waals surface area contributed by atoms with E-state index in [1.165, 1.54) is 31.4 Å². The number of hydrogen-bond acceptors (Lipinski definition) is 15. The predicted octanol–water partition coefficient (Wildman–Crippen LogP) is -2.36. The van der Waals surface area contributed by atoms with Gasteiger partial charge < -0.3 is 39.8 Å². The van der Waals surface area contributed by atoms with Crippen LogP contribution in [0.15, 0.2) is 34.5 Å². The number of aliphatic hydroxyl groups is 2. The van der Waals surface area contributed by atoms with Gasteiger partial charge in [0.25, 0.3) is 5.56 Å². The molecule has 3 aromatic heterocycles. The number of hydrogen-bond donors (Lipinski definition) is 5. The maximum absolute atomic E-state index is 13.0. The summed E-state index contributed by atoms with van der Waals surface area (Å²) in [5.41, 5.74) is 4.98. The number of phosphoric acid groups is 1. The van der Waals surface area contributed by atoms with Gasteiger partial charge in [-0.1, -0.05) is 0 Å². The third kappa shape index (κ3) is 5.56. The number of nitrogens with one attached hydrogen (secondary N) is 1. The fourth-order valence-electron chi connectivity index (χ4n) is 4.83. The first-order chi connectivity index (χ1) is 19.6. The number of ether oxygens (including phenoxy) is 4. The van der Waals surface area contributed by atoms with Crippen molar-refractivity contribution >= 4 is 24.8 Å². The summed E-state index contributed by atoms with van der Waals surface area (Å²) in [6.45, 7) is -1.27. The maximum atomic E-state index is 13.0. The maximum Gasteiger partial charge on any atom is 0.472 e. The minimum absolute atomic E-state index is 0.125. The minimum Gasteiger partial charge on any atom is -0.394 e. The topological polar surface area (TPSA) is 258 Å². The Labute approximate surface area is 230 Å². The first-order valence-electron chi connectivity index (χ1n) is 12.1. The van der Waals surface area contributed by atoms with Gasteiger partial charge in [-0.05, 0) is 0 Å². The van der Waals surface area contributed by atoms with Crippen LogP contribution in [0.1, 0.15) is 12.5 Å². The molecule has 6 N–H and O–H groups in total. The number of aliphatic hydroxyl groups excluding tert-OH is 2. The van der Waals surface area contributed by atoms with Crippen LogP contribution in [-0.2, 0) is 32.6 Å². The average molecular weight is 601 g/mol. The molecular weight excluding hydrogens is 573 g/mol. The Balaban J connectivity index is 1.30. The number of anilines is 1. The van der Waals surface area contributed by atoms with Crippen molar-refractivity contribution in [2.45, 2.75) is 49.1 Å². The Hall–Kier alpha value is -3.10. The quantitative estimate of drug-likeness (QED) is 0.152. The van der Waals surface area contributed by atoms with Crippen LogP contribution in [0.5, 0.6) is 0 Å². The van der Waals surface area contributed by atoms with Crippen LogP contribution < -0.4 is 17.0 Å². The summed E-state index contributed by atoms with van der Waals surface area (Å²) < 4.78 is 48.3. The van der Waals surface area contributed by atoms with E-state index in [1.54, 1.807) is 0 Å². The van der Waals surface area contributed by atoms with Crippen molar-refractivity contribution in [3.05, 3.63) is 45.8 Å². The zero-order chi connectivity index (χ0) is 29.5. The van der Waals surface area contributed by atoms with Crippen LogP contribution in [0, 0.1) is 0 Å². The number of phosphoric ester groups is 1. The normalized spacial score (nSPS) is 31.5. The third-order valence-electron chi connectivity index (χ3n) is 6.77. The van der Waals surface area contributed by atoms with E-state index in [4.69, 9.17) is 33.7 Å². The second kappa shape index (κ2) is 11.6. The van der Waals surface area contributed by atoms with Gasteiger partial charge in [0.1, 0.15) is 48.5 Å². The van der Waals surface area contributed by atoms with E-state index in [0.717, 1.165) is 16.8 Å². The molecule has 0 saturated carbocycles. The van der Waals surface area contributed by atoms with Crippen molar-refractivity contribution in [2.24, 2.45) is 0 Å². The molecule has 9 atom stereocenters. The summed E-state index contributed by atoms with van der Waals surface area (Å²) in [4.78, 5) is 48.5. The number of methoxy groups -OCH3 is 2. The number of imidazole rings is 1. The summed E-state index contributed by atoms with van der Waals surface area (Å²) >= 11 is 0. The van der Waals surface area contributed by atoms with Crippen molar-refractivity contribution in [1.82, 2.24) is 29.1 Å². The van der Waals surface area contributed by atoms with Crippen LogP contribution in [-0.4, -0.2) is 108 Å². The lowest BCUT2D eigenvalue weighted by Crippen LogP contribution is -2.39. The van der Waals surface area contributed by atoms with Crippen molar-refractivity contribution in [1.29, 1.82) is 0 Å². The highest BCUT2D eigenvalue weighted by Crippen LogP contribution is 2.50. The first-order valence-corrected chi connectivity index (χ1v) is 13.6. The monoisotopic (exact) mass is 601 g/mol. The number of nitrogens with zero attached hydrogens (tertiary/aromatic N) is 5. The summed E-state index contributed by atoms with van der Waals surface area (Å²) in [6, 6.07) is 1.08. The number of nitrogen functional groups attached to an aromatic ring is 1. The number of rotatable bonds is 10. The molecule has 0 aromatic carbocycles. The smallest absolute Gasteiger partial charge is 0.394 e. The molecule has 0 radical (unpaired) electrons. The third-order valence-corrected chi connectivity index (χ3v) is 7.75. The summed E-state index contributed by atoms with van der Waals surface area (Å²) in [7, 11) is -2.32. The average Bonchev–Trinajstić information content (AvgIpc) is 3.60. The number of nitrogens with two attached hydrogens (primary N) is 1. The van der Waals surface area contributed by atoms with E-state index < -0.39 is 81.4 Å². The SMILES string of the molecule is COC1[C@@H](O)[C@@H](COP(=O)(O)O[C@@H]2C(OC)[C@H](n3cnc4c(N)ncnc43)O[C@@H]2CO)O[C@H]1n1ccc(=O)[nH]c1=O. The van der Waals surface area contributed by atoms with Gasteiger partial charge in [0, 0.05) is 26.5 Å². The molecule has 2 aliphatic heterocycles. The first kappa shape index (κ1) is 29.4. The van der Waals surface area contributed by atoms with Gasteiger partial charge in [-0.25, -0.2) is 24.3 Å². The fourth-order valence-corrected chi connectivity index (χ4v) is 5.79. The van der Waals surface area contributed by atoms with Crippen molar-refractivity contribution in [3.63, 3.8) is 0 Å². The van der Waals surface area contributed by atoms with Gasteiger partial charge in [-0.3, -0.25) is 28.0 Å². The summed E-state index contributed by atoms with van der Waals surface area (Å²) in [5.74, 6) is 0.125. The minimum atomic E-state index is -4.91. The number of aromatic nitrogens is 6. The number of fused-ring (bicyclic) bond motifs is 1. The van der Waals surface area contributed by atoms with Gasteiger partial charge in [0.2, 0.25) is 0 Å². The van der Waals surface area contributed by atoms with E-state index in [2.05, 4.69) is 19.9 Å². The molecule has 224 valence electrons. The van der Waals surface area contributed by atoms with Crippen LogP contribution in [0.3, 0.4) is 0 Å². The van der Waals surface area contributed by atoms with Gasteiger partial charge in [0.15, 0.2) is 23.9 Å². The molecule has 0 spiro atoms. The summed E-state index contributed by atoms with van der Waals surface area (Å²) in [5, 5.41) is 20.6. The lowest BCUT2D eigenvalue weighted by atomic mass is 10.1. The Morgan fingerprint density at radius 1 is 1.07 bits per heavy atom. The molecule has 20 heteroatoms. The molecule has 3 aromatic rings. The van der Waals surface area contributed by atoms with Gasteiger partial charge in [-0.15, -0.1) is 0 Å². The van der Waals surface area contributed by atoms with E-state index in [9.17, 15) is 29.3 Å². The number of H-pyrrole nitrogens is 1. The van der Waals surface area contributed by atoms with Gasteiger partial charge >= 0.3 is 13.5 Å². The molecule has 2 fully saturated rings. The van der Waals surface area contributed by atoms with E-state index in [1.807, 2.05) is 0 Å². The molecular formula is C21H28N7O12P. The van der Waals surface area contributed by atoms with Gasteiger partial charge in [0.05, 0.1) is 19.5 Å². The van der Waals surface area contributed by atoms with E-state index >= 15 is 0 Å². The van der Waals surface area contributed by atoms with Crippen LogP contribution >= 0.6 is 7.82 Å². The molecule has 41 heavy (non-hydrogen) atoms. The second-order valence-electron chi connectivity index (χ2n) is 9.14. The van der Waals surface area contributed by atoms with Crippen LogP contribution in [0.25, 0.3) is 11.2 Å². The standard InChI is InChI=1S/C21H28N7O12P/c1-35-15-13(31)10(39-19(15)27-4-3-11(30)26-21(27)32)6-37-41(33,34)40-14-9(5-29)38-20(16(14)36-2)28-8-25-12-17(22)23-7-24-18(12)28/h3-4,7-10,13-16,19-20,29,31H,5-6H2,1-2H3,(H,33,34)(H2,22,23,24)(H,26,30,32)/t9-,10-,13+,14+,15?,16?,19-,20-/m1/s1. The molecule has 5 heterocycles. The lowest BCUT2D eigenvalue weighted by Gasteiger charge is -2.25. The highest BCUT2D eigenvalue weighted by molar-refractivity contribution is 7.47. The lowest BCUT2D eigenvalue weighted by molar-refractivity contribution is -0.0661. The van der Waals surface area contributed by atoms with E-state index in [0.29, 0.717) is 11.2 Å². The zero-order valence-electron chi connectivity index (χ0n) is 21.6. The molecule has 19 nitrogen and oxygen atoms in total. The van der Waals surface area contributed by atoms with Crippen LogP contribution in [0.2, 0.25) is 0 Å². The Kier molecular flexibility index (Phi) is 8.35. The van der Waals surface area contributed by atoms with Gasteiger partial charge in [-0.2, -0.15) is 0 Å². The summed E-state index contributed by atoms with van der Waals surface area (Å²) in [6.07, 6.45) is -5.64. The van der Waals surface area contributed by atoms with Crippen molar-refractivity contribution in [3.8, 4) is 0 Å². The molecule has 0 bridgehead atoms. The molecule has 3 unspecified atom stereocenters. The predicted molar refractivity (Wildman–Crippen MR) is 134 cm³/mol. The molecule has 2 aliphatic rings. The molecule has 0 aliphatic carbocycles. The Bertz CT molecular complexity index is 1550. The highest BCUT2D eigenvalue weighted by Gasteiger charge is 2.51. The van der Waals surface area contributed by atoms with Crippen LogP contribution in [0.4, 0.5) is 5.82 Å². The largest absolute Gasteiger partial charge is 0.472 e. The number of aromatic amines is 1. The molecule has 0 amide bonds. The Morgan fingerprint density at radius 2 is 1.78 bits per heavy atom. The second-order valence-corrected chi connectivity index (χ2v) is 10.5. The zero-order valence-corrected chi connectivity index (χ0v) is 22.5.